The number of methoxy groups -OCH3 is 1. The molecule has 0 aromatic heterocycles. The van der Waals surface area contributed by atoms with E-state index < -0.39 is 17.4 Å². The van der Waals surface area contributed by atoms with Crippen LogP contribution >= 0.6 is 0 Å². The van der Waals surface area contributed by atoms with Crippen LogP contribution in [0.4, 0.5) is 0 Å². The van der Waals surface area contributed by atoms with Crippen LogP contribution in [0.1, 0.15) is 96.1 Å². The van der Waals surface area contributed by atoms with Crippen LogP contribution in [0.25, 0.3) is 0 Å². The number of carbonyl (C=O) groups excluding carboxylic acids is 3. The van der Waals surface area contributed by atoms with Crippen LogP contribution in [0, 0.1) is 19.3 Å². The van der Waals surface area contributed by atoms with E-state index in [1.807, 2.05) is 58.0 Å². The fourth-order valence-corrected chi connectivity index (χ4v) is 4.52. The third-order valence-electron chi connectivity index (χ3n) is 7.59. The minimum Gasteiger partial charge on any atom is -0.493 e. The molecule has 0 radical (unpaired) electrons. The highest BCUT2D eigenvalue weighted by atomic mass is 16.5. The second kappa shape index (κ2) is 25.9. The van der Waals surface area contributed by atoms with Gasteiger partial charge < -0.3 is 20.1 Å². The first kappa shape index (κ1) is 41.9. The van der Waals surface area contributed by atoms with Gasteiger partial charge in [-0.05, 0) is 88.8 Å². The molecule has 1 aromatic rings. The van der Waals surface area contributed by atoms with Gasteiger partial charge in [0.1, 0.15) is 11.8 Å². The zero-order valence-corrected chi connectivity index (χ0v) is 30.3. The number of nitrogens with one attached hydrogen (secondary N) is 2. The summed E-state index contributed by atoms with van der Waals surface area (Å²) in [5.41, 5.74) is 1.46. The Morgan fingerprint density at radius 1 is 0.812 bits per heavy atom. The lowest BCUT2D eigenvalue weighted by Crippen LogP contribution is -2.52. The minimum absolute atomic E-state index is 0.0349. The van der Waals surface area contributed by atoms with E-state index in [0.717, 1.165) is 55.4 Å². The first-order chi connectivity index (χ1) is 23.1. The van der Waals surface area contributed by atoms with E-state index in [-0.39, 0.29) is 24.8 Å². The van der Waals surface area contributed by atoms with Crippen molar-refractivity contribution < 1.29 is 23.9 Å². The molecule has 0 saturated heterocycles. The molecule has 7 nitrogen and oxygen atoms in total. The summed E-state index contributed by atoms with van der Waals surface area (Å²) in [4.78, 5) is 37.8. The van der Waals surface area contributed by atoms with Gasteiger partial charge in [-0.3, -0.25) is 9.59 Å². The third kappa shape index (κ3) is 20.2. The van der Waals surface area contributed by atoms with Gasteiger partial charge in [0.2, 0.25) is 11.8 Å². The molecular weight excluding hydrogens is 600 g/mol. The maximum atomic E-state index is 13.1. The van der Waals surface area contributed by atoms with Crippen LogP contribution in [0.2, 0.25) is 0 Å². The first-order valence-electron chi connectivity index (χ1n) is 17.4. The normalized spacial score (nSPS) is 13.0. The molecule has 0 heterocycles. The van der Waals surface area contributed by atoms with Crippen LogP contribution in [0.3, 0.4) is 0 Å². The maximum absolute atomic E-state index is 13.1. The van der Waals surface area contributed by atoms with Crippen molar-refractivity contribution in [3.8, 4) is 5.75 Å². The average molecular weight is 661 g/mol. The molecular formula is C41H60N2O5. The van der Waals surface area contributed by atoms with Crippen molar-refractivity contribution in [3.05, 3.63) is 102 Å². The van der Waals surface area contributed by atoms with Gasteiger partial charge in [0, 0.05) is 18.4 Å². The Kier molecular flexibility index (Phi) is 22.6. The quantitative estimate of drug-likeness (QED) is 0.0657. The van der Waals surface area contributed by atoms with Crippen molar-refractivity contribution in [3.63, 3.8) is 0 Å². The lowest BCUT2D eigenvalue weighted by Gasteiger charge is -2.26. The molecule has 1 unspecified atom stereocenters. The molecule has 0 aliphatic carbocycles. The standard InChI is InChI=1S/C41H60N2O5/c1-7-8-9-10-11-12-13-14-15-16-17-18-19-20-21-22-23-24-25-27-38(44)42-33-36(39(45)47-6)43-40(46)41(4,5)30-26-31-48-37-32-34(2)28-29-35(37)3/h8-9,11-12,14-15,17-18,20-21,23-24,28-29,32,36H,7,10,13,16,19,22,25-27,30-31,33H2,1-6H3,(H,42,44)(H,43,46)/b9-8-,12-11-,15-14-,18-17-,21-20-,24-23-. The smallest absolute Gasteiger partial charge is 0.330 e. The molecule has 0 aliphatic heterocycles. The molecule has 7 heteroatoms. The Labute approximate surface area is 290 Å². The number of benzene rings is 1. The van der Waals surface area contributed by atoms with Gasteiger partial charge in [-0.25, -0.2) is 4.79 Å². The Morgan fingerprint density at radius 2 is 1.35 bits per heavy atom. The summed E-state index contributed by atoms with van der Waals surface area (Å²) >= 11 is 0. The number of ether oxygens (including phenoxy) is 2. The van der Waals surface area contributed by atoms with E-state index in [1.54, 1.807) is 0 Å². The molecule has 0 fully saturated rings. The number of hydrogen-bond donors (Lipinski definition) is 2. The first-order valence-corrected chi connectivity index (χ1v) is 17.4. The molecule has 48 heavy (non-hydrogen) atoms. The molecule has 0 aliphatic rings. The predicted octanol–water partition coefficient (Wildman–Crippen LogP) is 8.74. The van der Waals surface area contributed by atoms with E-state index in [2.05, 4.69) is 78.3 Å². The number of hydrogen-bond acceptors (Lipinski definition) is 5. The van der Waals surface area contributed by atoms with Crippen LogP contribution in [0.5, 0.6) is 5.75 Å². The summed E-state index contributed by atoms with van der Waals surface area (Å²) in [6.07, 6.45) is 33.5. The minimum atomic E-state index is -0.970. The molecule has 2 amide bonds. The lowest BCUT2D eigenvalue weighted by molar-refractivity contribution is -0.146. The van der Waals surface area contributed by atoms with Crippen LogP contribution < -0.4 is 15.4 Å². The Hall–Kier alpha value is -4.13. The van der Waals surface area contributed by atoms with Crippen molar-refractivity contribution in [2.45, 2.75) is 105 Å². The summed E-state index contributed by atoms with van der Waals surface area (Å²) < 4.78 is 10.8. The van der Waals surface area contributed by atoms with E-state index in [0.29, 0.717) is 25.9 Å². The number of amides is 2. The molecule has 1 rings (SSSR count). The fraction of sp³-hybridized carbons (Fsp3) is 0.488. The second-order valence-corrected chi connectivity index (χ2v) is 12.4. The largest absolute Gasteiger partial charge is 0.493 e. The van der Waals surface area contributed by atoms with Crippen molar-refractivity contribution in [2.24, 2.45) is 5.41 Å². The van der Waals surface area contributed by atoms with E-state index in [4.69, 9.17) is 9.47 Å². The molecule has 264 valence electrons. The predicted molar refractivity (Wildman–Crippen MR) is 199 cm³/mol. The molecule has 0 saturated carbocycles. The Balaban J connectivity index is 2.29. The van der Waals surface area contributed by atoms with Gasteiger partial charge >= 0.3 is 5.97 Å². The number of esters is 1. The van der Waals surface area contributed by atoms with Gasteiger partial charge in [0.05, 0.1) is 13.7 Å². The van der Waals surface area contributed by atoms with Crippen LogP contribution in [0.15, 0.2) is 91.1 Å². The highest BCUT2D eigenvalue weighted by molar-refractivity contribution is 5.88. The van der Waals surface area contributed by atoms with E-state index >= 15 is 0 Å². The number of aryl methyl sites for hydroxylation is 2. The van der Waals surface area contributed by atoms with Crippen molar-refractivity contribution >= 4 is 17.8 Å². The van der Waals surface area contributed by atoms with Crippen molar-refractivity contribution in [2.75, 3.05) is 20.3 Å². The summed E-state index contributed by atoms with van der Waals surface area (Å²) in [5.74, 6) is -0.230. The highest BCUT2D eigenvalue weighted by Gasteiger charge is 2.31. The van der Waals surface area contributed by atoms with Gasteiger partial charge in [-0.1, -0.05) is 106 Å². The molecule has 2 N–H and O–H groups in total. The fourth-order valence-electron chi connectivity index (χ4n) is 4.52. The van der Waals surface area contributed by atoms with E-state index in [9.17, 15) is 14.4 Å². The number of carbonyl (C=O) groups is 3. The van der Waals surface area contributed by atoms with Crippen LogP contribution in [-0.2, 0) is 19.1 Å². The summed E-state index contributed by atoms with van der Waals surface area (Å²) in [6.45, 7) is 10.3. The van der Waals surface area contributed by atoms with Crippen molar-refractivity contribution in [1.82, 2.24) is 10.6 Å². The molecule has 1 atom stereocenters. The second-order valence-electron chi connectivity index (χ2n) is 12.4. The van der Waals surface area contributed by atoms with Gasteiger partial charge in [0.25, 0.3) is 0 Å². The van der Waals surface area contributed by atoms with Crippen LogP contribution in [-0.4, -0.2) is 44.1 Å². The van der Waals surface area contributed by atoms with Gasteiger partial charge in [-0.15, -0.1) is 0 Å². The maximum Gasteiger partial charge on any atom is 0.330 e. The highest BCUT2D eigenvalue weighted by Crippen LogP contribution is 2.24. The number of allylic oxidation sites excluding steroid dienone is 12. The zero-order chi connectivity index (χ0) is 35.5. The summed E-state index contributed by atoms with van der Waals surface area (Å²) in [7, 11) is 1.27. The lowest BCUT2D eigenvalue weighted by atomic mass is 9.86. The summed E-state index contributed by atoms with van der Waals surface area (Å²) in [5, 5.41) is 5.52. The SMILES string of the molecule is CC/C=C\C/C=C\C/C=C\C/C=C\C/C=C\C/C=C\CCC(=O)NCC(NC(=O)C(C)(C)CCCOc1cc(C)ccc1C)C(=O)OC. The Bertz CT molecular complexity index is 1270. The number of rotatable bonds is 24. The molecule has 0 spiro atoms. The average Bonchev–Trinajstić information content (AvgIpc) is 3.06. The Morgan fingerprint density at radius 3 is 1.90 bits per heavy atom. The van der Waals surface area contributed by atoms with E-state index in [1.165, 1.54) is 7.11 Å². The molecule has 1 aromatic carbocycles. The van der Waals surface area contributed by atoms with Gasteiger partial charge in [0.15, 0.2) is 0 Å². The monoisotopic (exact) mass is 660 g/mol. The topological polar surface area (TPSA) is 93.7 Å². The van der Waals surface area contributed by atoms with Crippen molar-refractivity contribution in [1.29, 1.82) is 0 Å². The third-order valence-corrected chi connectivity index (χ3v) is 7.59. The molecule has 0 bridgehead atoms. The van der Waals surface area contributed by atoms with Gasteiger partial charge in [-0.2, -0.15) is 0 Å². The summed E-state index contributed by atoms with van der Waals surface area (Å²) in [6, 6.07) is 5.11. The zero-order valence-electron chi connectivity index (χ0n) is 30.3.